The maximum Gasteiger partial charge on any atom is 0.305 e. The van der Waals surface area contributed by atoms with Crippen LogP contribution in [0.3, 0.4) is 0 Å². The lowest BCUT2D eigenvalue weighted by Gasteiger charge is -1.99. The summed E-state index contributed by atoms with van der Waals surface area (Å²) in [6.07, 6.45) is 4.08. The Morgan fingerprint density at radius 3 is 3.06 bits per heavy atom. The van der Waals surface area contributed by atoms with Crippen LogP contribution in [0.4, 0.5) is 0 Å². The van der Waals surface area contributed by atoms with Gasteiger partial charge >= 0.3 is 5.97 Å². The molecular weight excluding hydrogens is 238 g/mol. The summed E-state index contributed by atoms with van der Waals surface area (Å²) in [5.41, 5.74) is 2.24. The Bertz CT molecular complexity index is 533. The number of fused-ring (bicyclic) bond motifs is 1. The summed E-state index contributed by atoms with van der Waals surface area (Å²) < 4.78 is 4.61. The lowest BCUT2D eigenvalue weighted by Crippen LogP contribution is -2.00. The van der Waals surface area contributed by atoms with Gasteiger partial charge in [0, 0.05) is 28.5 Å². The third-order valence-corrected chi connectivity index (χ3v) is 3.02. The van der Waals surface area contributed by atoms with Gasteiger partial charge < -0.3 is 9.72 Å². The zero-order chi connectivity index (χ0) is 12.3. The zero-order valence-electron chi connectivity index (χ0n) is 9.63. The predicted molar refractivity (Wildman–Crippen MR) is 68.3 cm³/mol. The second-order valence-electron chi connectivity index (χ2n) is 3.93. The molecule has 0 saturated carbocycles. The number of nitrogens with one attached hydrogen (secondary N) is 1. The van der Waals surface area contributed by atoms with Crippen molar-refractivity contribution in [1.82, 2.24) is 4.98 Å². The normalized spacial score (nSPS) is 10.7. The van der Waals surface area contributed by atoms with Crippen LogP contribution in [0.2, 0.25) is 5.02 Å². The molecule has 1 N–H and O–H groups in total. The fraction of sp³-hybridized carbons (Fsp3) is 0.308. The molecule has 0 atom stereocenters. The van der Waals surface area contributed by atoms with Crippen molar-refractivity contribution in [3.63, 3.8) is 0 Å². The Hall–Kier alpha value is -1.48. The fourth-order valence-corrected chi connectivity index (χ4v) is 2.06. The Kier molecular flexibility index (Phi) is 3.69. The zero-order valence-corrected chi connectivity index (χ0v) is 10.4. The van der Waals surface area contributed by atoms with Crippen LogP contribution in [0.25, 0.3) is 10.9 Å². The van der Waals surface area contributed by atoms with Crippen molar-refractivity contribution in [2.45, 2.75) is 19.3 Å². The van der Waals surface area contributed by atoms with Crippen molar-refractivity contribution in [2.24, 2.45) is 0 Å². The summed E-state index contributed by atoms with van der Waals surface area (Å²) >= 11 is 5.91. The minimum Gasteiger partial charge on any atom is -0.469 e. The monoisotopic (exact) mass is 251 g/mol. The molecule has 0 spiro atoms. The fourth-order valence-electron chi connectivity index (χ4n) is 1.89. The Morgan fingerprint density at radius 2 is 2.29 bits per heavy atom. The van der Waals surface area contributed by atoms with Crippen LogP contribution in [0.1, 0.15) is 18.4 Å². The first-order chi connectivity index (χ1) is 8.20. The van der Waals surface area contributed by atoms with Crippen LogP contribution < -0.4 is 0 Å². The number of aryl methyl sites for hydroxylation is 1. The highest BCUT2D eigenvalue weighted by molar-refractivity contribution is 6.31. The third kappa shape index (κ3) is 2.80. The molecule has 2 rings (SSSR count). The maximum atomic E-state index is 11.0. The Labute approximate surface area is 105 Å². The lowest BCUT2D eigenvalue weighted by atomic mass is 10.1. The molecule has 0 radical (unpaired) electrons. The van der Waals surface area contributed by atoms with Crippen molar-refractivity contribution >= 4 is 28.5 Å². The van der Waals surface area contributed by atoms with Crippen molar-refractivity contribution in [3.8, 4) is 0 Å². The van der Waals surface area contributed by atoms with Crippen LogP contribution in [0.5, 0.6) is 0 Å². The molecule has 0 fully saturated rings. The second-order valence-corrected chi connectivity index (χ2v) is 4.37. The smallest absolute Gasteiger partial charge is 0.305 e. The summed E-state index contributed by atoms with van der Waals surface area (Å²) in [6.45, 7) is 0. The van der Waals surface area contributed by atoms with Crippen LogP contribution in [-0.2, 0) is 16.0 Å². The number of benzene rings is 1. The molecule has 0 aliphatic heterocycles. The van der Waals surface area contributed by atoms with E-state index in [0.717, 1.165) is 23.4 Å². The summed E-state index contributed by atoms with van der Waals surface area (Å²) in [4.78, 5) is 14.2. The quantitative estimate of drug-likeness (QED) is 0.847. The molecule has 0 aliphatic rings. The van der Waals surface area contributed by atoms with Crippen LogP contribution in [0, 0.1) is 0 Å². The Morgan fingerprint density at radius 1 is 1.47 bits per heavy atom. The highest BCUT2D eigenvalue weighted by atomic mass is 35.5. The number of carbonyl (C=O) groups excluding carboxylic acids is 1. The molecule has 0 bridgehead atoms. The number of hydrogen-bond acceptors (Lipinski definition) is 2. The standard InChI is InChI=1S/C13H14ClNO2/c1-17-13(16)4-2-3-9-8-15-12-7-10(14)5-6-11(9)12/h5-8,15H,2-4H2,1H3. The molecule has 1 heterocycles. The van der Waals surface area contributed by atoms with E-state index in [-0.39, 0.29) is 5.97 Å². The summed E-state index contributed by atoms with van der Waals surface area (Å²) in [6, 6.07) is 5.78. The minimum atomic E-state index is -0.159. The van der Waals surface area contributed by atoms with Crippen molar-refractivity contribution in [2.75, 3.05) is 7.11 Å². The van der Waals surface area contributed by atoms with Crippen molar-refractivity contribution in [3.05, 3.63) is 35.0 Å². The molecule has 2 aromatic rings. The number of rotatable bonds is 4. The number of hydrogen-bond donors (Lipinski definition) is 1. The topological polar surface area (TPSA) is 42.1 Å². The van der Waals surface area contributed by atoms with Gasteiger partial charge in [0.25, 0.3) is 0 Å². The van der Waals surface area contributed by atoms with Crippen LogP contribution in [-0.4, -0.2) is 18.1 Å². The number of halogens is 1. The number of H-pyrrole nitrogens is 1. The molecule has 0 unspecified atom stereocenters. The molecule has 0 aliphatic carbocycles. The average molecular weight is 252 g/mol. The van der Waals surface area contributed by atoms with E-state index < -0.39 is 0 Å². The molecule has 1 aromatic heterocycles. The molecule has 3 nitrogen and oxygen atoms in total. The van der Waals surface area contributed by atoms with Gasteiger partial charge in [-0.2, -0.15) is 0 Å². The Balaban J connectivity index is 2.06. The average Bonchev–Trinajstić information content (AvgIpc) is 2.71. The van der Waals surface area contributed by atoms with E-state index in [1.54, 1.807) is 0 Å². The molecule has 4 heteroatoms. The van der Waals surface area contributed by atoms with Crippen LogP contribution in [0.15, 0.2) is 24.4 Å². The van der Waals surface area contributed by atoms with E-state index in [1.807, 2.05) is 24.4 Å². The molecule has 90 valence electrons. The lowest BCUT2D eigenvalue weighted by molar-refractivity contribution is -0.140. The van der Waals surface area contributed by atoms with E-state index in [4.69, 9.17) is 11.6 Å². The summed E-state index contributed by atoms with van der Waals surface area (Å²) in [7, 11) is 1.41. The van der Waals surface area contributed by atoms with Gasteiger partial charge in [-0.1, -0.05) is 17.7 Å². The van der Waals surface area contributed by atoms with Gasteiger partial charge in [-0.15, -0.1) is 0 Å². The summed E-state index contributed by atoms with van der Waals surface area (Å²) in [5, 5.41) is 1.89. The first-order valence-corrected chi connectivity index (χ1v) is 5.91. The molecule has 17 heavy (non-hydrogen) atoms. The van der Waals surface area contributed by atoms with E-state index >= 15 is 0 Å². The number of aromatic nitrogens is 1. The van der Waals surface area contributed by atoms with Gasteiger partial charge in [0.05, 0.1) is 7.11 Å². The maximum absolute atomic E-state index is 11.0. The van der Waals surface area contributed by atoms with E-state index in [2.05, 4.69) is 9.72 Å². The number of aromatic amines is 1. The van der Waals surface area contributed by atoms with Crippen molar-refractivity contribution in [1.29, 1.82) is 0 Å². The number of ether oxygens (including phenoxy) is 1. The van der Waals surface area contributed by atoms with E-state index in [0.29, 0.717) is 6.42 Å². The molecular formula is C13H14ClNO2. The van der Waals surface area contributed by atoms with Gasteiger partial charge in [0.1, 0.15) is 0 Å². The highest BCUT2D eigenvalue weighted by Gasteiger charge is 2.05. The highest BCUT2D eigenvalue weighted by Crippen LogP contribution is 2.23. The van der Waals surface area contributed by atoms with Gasteiger partial charge in [0.2, 0.25) is 0 Å². The van der Waals surface area contributed by atoms with Gasteiger partial charge in [-0.05, 0) is 30.5 Å². The number of methoxy groups -OCH3 is 1. The van der Waals surface area contributed by atoms with Crippen LogP contribution >= 0.6 is 11.6 Å². The predicted octanol–water partition coefficient (Wildman–Crippen LogP) is 3.32. The first-order valence-electron chi connectivity index (χ1n) is 5.53. The van der Waals surface area contributed by atoms with Gasteiger partial charge in [-0.3, -0.25) is 4.79 Å². The molecule has 0 saturated heterocycles. The van der Waals surface area contributed by atoms with Gasteiger partial charge in [-0.25, -0.2) is 0 Å². The van der Waals surface area contributed by atoms with E-state index in [9.17, 15) is 4.79 Å². The van der Waals surface area contributed by atoms with Crippen molar-refractivity contribution < 1.29 is 9.53 Å². The number of esters is 1. The molecule has 1 aromatic carbocycles. The first kappa shape index (κ1) is 12.0. The van der Waals surface area contributed by atoms with Gasteiger partial charge in [0.15, 0.2) is 0 Å². The third-order valence-electron chi connectivity index (χ3n) is 2.78. The minimum absolute atomic E-state index is 0.159. The SMILES string of the molecule is COC(=O)CCCc1c[nH]c2cc(Cl)ccc12. The number of carbonyl (C=O) groups is 1. The summed E-state index contributed by atoms with van der Waals surface area (Å²) in [5.74, 6) is -0.159. The largest absolute Gasteiger partial charge is 0.469 e. The van der Waals surface area contributed by atoms with E-state index in [1.165, 1.54) is 18.1 Å². The molecule has 0 amide bonds. The second kappa shape index (κ2) is 5.23.